The Morgan fingerprint density at radius 2 is 1.90 bits per heavy atom. The molecule has 2 amide bonds. The molecule has 1 aliphatic heterocycles. The van der Waals surface area contributed by atoms with Crippen molar-refractivity contribution < 1.29 is 9.59 Å². The van der Waals surface area contributed by atoms with Gasteiger partial charge >= 0.3 is 0 Å². The van der Waals surface area contributed by atoms with Crippen molar-refractivity contribution in [2.24, 2.45) is 5.92 Å². The predicted molar refractivity (Wildman–Crippen MR) is 118 cm³/mol. The van der Waals surface area contributed by atoms with Gasteiger partial charge in [-0.05, 0) is 36.5 Å². The van der Waals surface area contributed by atoms with Crippen LogP contribution < -0.4 is 0 Å². The Kier molecular flexibility index (Phi) is 6.46. The highest BCUT2D eigenvalue weighted by molar-refractivity contribution is 5.90. The third kappa shape index (κ3) is 4.25. The van der Waals surface area contributed by atoms with Crippen LogP contribution >= 0.6 is 0 Å². The maximum Gasteiger partial charge on any atom is 0.245 e. The molecule has 0 unspecified atom stereocenters. The third-order valence-electron chi connectivity index (χ3n) is 6.47. The number of piperazine rings is 1. The zero-order valence-corrected chi connectivity index (χ0v) is 17.8. The first-order chi connectivity index (χ1) is 14.7. The average Bonchev–Trinajstić information content (AvgIpc) is 3.32. The molecule has 0 N–H and O–H groups in total. The molecule has 5 nitrogen and oxygen atoms in total. The molecule has 0 spiro atoms. The highest BCUT2D eigenvalue weighted by Gasteiger charge is 2.40. The molecule has 30 heavy (non-hydrogen) atoms. The Labute approximate surface area is 179 Å². The second kappa shape index (κ2) is 9.41. The third-order valence-corrected chi connectivity index (χ3v) is 6.47. The van der Waals surface area contributed by atoms with Crippen LogP contribution in [0.4, 0.5) is 0 Å². The van der Waals surface area contributed by atoms with Gasteiger partial charge < -0.3 is 9.80 Å². The summed E-state index contributed by atoms with van der Waals surface area (Å²) in [6.45, 7) is 4.13. The zero-order valence-electron chi connectivity index (χ0n) is 17.8. The first-order valence-corrected chi connectivity index (χ1v) is 11.3. The van der Waals surface area contributed by atoms with E-state index in [0.29, 0.717) is 19.5 Å². The lowest BCUT2D eigenvalue weighted by Crippen LogP contribution is -2.60. The molecule has 1 saturated heterocycles. The van der Waals surface area contributed by atoms with Gasteiger partial charge in [-0.1, -0.05) is 50.1 Å². The normalized spacial score (nSPS) is 20.0. The van der Waals surface area contributed by atoms with Gasteiger partial charge in [-0.3, -0.25) is 14.6 Å². The summed E-state index contributed by atoms with van der Waals surface area (Å²) in [5.41, 5.74) is 3.21. The largest absolute Gasteiger partial charge is 0.339 e. The fourth-order valence-corrected chi connectivity index (χ4v) is 4.91. The van der Waals surface area contributed by atoms with Crippen LogP contribution in [0.1, 0.15) is 44.6 Å². The number of pyridine rings is 1. The van der Waals surface area contributed by atoms with Gasteiger partial charge in [-0.15, -0.1) is 0 Å². The Balaban J connectivity index is 1.64. The van der Waals surface area contributed by atoms with E-state index >= 15 is 0 Å². The SMILES string of the molecule is CCCN1CCN(C(=O)C2CCCC2)[C@H](Cc2ccccc2-c2cccnc2)C1=O. The van der Waals surface area contributed by atoms with Gasteiger partial charge in [-0.2, -0.15) is 0 Å². The summed E-state index contributed by atoms with van der Waals surface area (Å²) < 4.78 is 0. The van der Waals surface area contributed by atoms with Crippen molar-refractivity contribution in [1.29, 1.82) is 0 Å². The number of amides is 2. The summed E-state index contributed by atoms with van der Waals surface area (Å²) in [5, 5.41) is 0. The smallest absolute Gasteiger partial charge is 0.245 e. The fourth-order valence-electron chi connectivity index (χ4n) is 4.91. The highest BCUT2D eigenvalue weighted by atomic mass is 16.2. The van der Waals surface area contributed by atoms with E-state index in [9.17, 15) is 9.59 Å². The second-order valence-electron chi connectivity index (χ2n) is 8.46. The van der Waals surface area contributed by atoms with E-state index in [1.807, 2.05) is 40.3 Å². The molecular formula is C25H31N3O2. The molecule has 1 aliphatic carbocycles. The molecule has 1 atom stereocenters. The van der Waals surface area contributed by atoms with Crippen LogP contribution in [0.2, 0.25) is 0 Å². The highest BCUT2D eigenvalue weighted by Crippen LogP contribution is 2.30. The average molecular weight is 406 g/mol. The lowest BCUT2D eigenvalue weighted by Gasteiger charge is -2.42. The van der Waals surface area contributed by atoms with Crippen molar-refractivity contribution in [3.63, 3.8) is 0 Å². The Morgan fingerprint density at radius 1 is 1.10 bits per heavy atom. The van der Waals surface area contributed by atoms with Gasteiger partial charge in [0.15, 0.2) is 0 Å². The number of hydrogen-bond donors (Lipinski definition) is 0. The molecule has 2 aliphatic rings. The molecule has 0 bridgehead atoms. The summed E-state index contributed by atoms with van der Waals surface area (Å²) in [5.74, 6) is 0.364. The summed E-state index contributed by atoms with van der Waals surface area (Å²) in [4.78, 5) is 34.8. The summed E-state index contributed by atoms with van der Waals surface area (Å²) in [6.07, 6.45) is 9.25. The van der Waals surface area contributed by atoms with E-state index in [1.165, 1.54) is 0 Å². The molecule has 2 fully saturated rings. The molecule has 2 aromatic rings. The van der Waals surface area contributed by atoms with Crippen LogP contribution in [-0.2, 0) is 16.0 Å². The quantitative estimate of drug-likeness (QED) is 0.732. The Morgan fingerprint density at radius 3 is 2.63 bits per heavy atom. The molecular weight excluding hydrogens is 374 g/mol. The maximum atomic E-state index is 13.4. The van der Waals surface area contributed by atoms with E-state index in [4.69, 9.17) is 0 Å². The van der Waals surface area contributed by atoms with Crippen LogP contribution in [0, 0.1) is 5.92 Å². The fraction of sp³-hybridized carbons (Fsp3) is 0.480. The molecule has 1 saturated carbocycles. The van der Waals surface area contributed by atoms with E-state index in [0.717, 1.165) is 55.3 Å². The minimum absolute atomic E-state index is 0.0894. The number of carbonyl (C=O) groups is 2. The van der Waals surface area contributed by atoms with Crippen molar-refractivity contribution in [2.75, 3.05) is 19.6 Å². The number of rotatable bonds is 6. The monoisotopic (exact) mass is 405 g/mol. The maximum absolute atomic E-state index is 13.4. The summed E-state index contributed by atoms with van der Waals surface area (Å²) in [6, 6.07) is 11.7. The van der Waals surface area contributed by atoms with Gasteiger partial charge in [0.25, 0.3) is 0 Å². The van der Waals surface area contributed by atoms with E-state index in [1.54, 1.807) is 6.20 Å². The first kappa shape index (κ1) is 20.6. The predicted octanol–water partition coefficient (Wildman–Crippen LogP) is 3.93. The Bertz CT molecular complexity index is 877. The molecule has 0 radical (unpaired) electrons. The lowest BCUT2D eigenvalue weighted by molar-refractivity contribution is -0.153. The minimum Gasteiger partial charge on any atom is -0.339 e. The second-order valence-corrected chi connectivity index (χ2v) is 8.46. The minimum atomic E-state index is -0.420. The van der Waals surface area contributed by atoms with Gasteiger partial charge in [0, 0.05) is 49.9 Å². The summed E-state index contributed by atoms with van der Waals surface area (Å²) >= 11 is 0. The van der Waals surface area contributed by atoms with Gasteiger partial charge in [0.1, 0.15) is 6.04 Å². The number of aromatic nitrogens is 1. The molecule has 1 aromatic carbocycles. The van der Waals surface area contributed by atoms with Crippen molar-refractivity contribution in [3.8, 4) is 11.1 Å². The van der Waals surface area contributed by atoms with Crippen LogP contribution in [0.3, 0.4) is 0 Å². The van der Waals surface area contributed by atoms with Gasteiger partial charge in [0.05, 0.1) is 0 Å². The van der Waals surface area contributed by atoms with E-state index in [2.05, 4.69) is 24.0 Å². The molecule has 1 aromatic heterocycles. The topological polar surface area (TPSA) is 53.5 Å². The number of benzene rings is 1. The van der Waals surface area contributed by atoms with E-state index < -0.39 is 6.04 Å². The van der Waals surface area contributed by atoms with Gasteiger partial charge in [-0.25, -0.2) is 0 Å². The Hall–Kier alpha value is -2.69. The summed E-state index contributed by atoms with van der Waals surface area (Å²) in [7, 11) is 0. The van der Waals surface area contributed by atoms with Crippen molar-refractivity contribution >= 4 is 11.8 Å². The number of nitrogens with zero attached hydrogens (tertiary/aromatic N) is 3. The molecule has 5 heteroatoms. The van der Waals surface area contributed by atoms with Gasteiger partial charge in [0.2, 0.25) is 11.8 Å². The molecule has 4 rings (SSSR count). The van der Waals surface area contributed by atoms with Crippen LogP contribution in [-0.4, -0.2) is 52.3 Å². The standard InChI is InChI=1S/C25H31N3O2/c1-2-14-27-15-16-28(24(29)19-8-3-4-9-19)23(25(27)30)17-20-10-5-6-12-22(20)21-11-7-13-26-18-21/h5-7,10-13,18-19,23H,2-4,8-9,14-17H2,1H3/t23-/m1/s1. The van der Waals surface area contributed by atoms with Crippen molar-refractivity contribution in [2.45, 2.75) is 51.5 Å². The van der Waals surface area contributed by atoms with Crippen LogP contribution in [0.15, 0.2) is 48.8 Å². The van der Waals surface area contributed by atoms with Crippen LogP contribution in [0.25, 0.3) is 11.1 Å². The van der Waals surface area contributed by atoms with E-state index in [-0.39, 0.29) is 17.7 Å². The lowest BCUT2D eigenvalue weighted by atomic mass is 9.93. The van der Waals surface area contributed by atoms with Crippen molar-refractivity contribution in [1.82, 2.24) is 14.8 Å². The zero-order chi connectivity index (χ0) is 20.9. The first-order valence-electron chi connectivity index (χ1n) is 11.3. The van der Waals surface area contributed by atoms with Crippen molar-refractivity contribution in [3.05, 3.63) is 54.4 Å². The molecule has 158 valence electrons. The number of hydrogen-bond acceptors (Lipinski definition) is 3. The molecule has 2 heterocycles. The number of carbonyl (C=O) groups excluding carboxylic acids is 2. The van der Waals surface area contributed by atoms with Crippen LogP contribution in [0.5, 0.6) is 0 Å².